The molecule has 0 bridgehead atoms. The molecule has 1 aromatic rings. The van der Waals surface area contributed by atoms with E-state index < -0.39 is 11.4 Å². The van der Waals surface area contributed by atoms with Crippen LogP contribution in [0.15, 0.2) is 24.3 Å². The van der Waals surface area contributed by atoms with Gasteiger partial charge in [0.25, 0.3) is 0 Å². The van der Waals surface area contributed by atoms with Crippen LogP contribution in [0.1, 0.15) is 49.4 Å². The highest BCUT2D eigenvalue weighted by atomic mass is 16.5. The summed E-state index contributed by atoms with van der Waals surface area (Å²) in [5, 5.41) is 12.1. The highest BCUT2D eigenvalue weighted by Crippen LogP contribution is 2.30. The zero-order valence-electron chi connectivity index (χ0n) is 15.7. The molecule has 1 aliphatic heterocycles. The van der Waals surface area contributed by atoms with Crippen LogP contribution in [0.2, 0.25) is 0 Å². The molecule has 148 valence electrons. The highest BCUT2D eigenvalue weighted by Gasteiger charge is 2.40. The van der Waals surface area contributed by atoms with E-state index in [0.717, 1.165) is 6.42 Å². The van der Waals surface area contributed by atoms with Gasteiger partial charge in [-0.25, -0.2) is 0 Å². The van der Waals surface area contributed by atoms with Gasteiger partial charge in [0.15, 0.2) is 5.78 Å². The number of Topliss-reactive ketones (excluding diaryl/α,β-unsaturated/α-hetero) is 1. The summed E-state index contributed by atoms with van der Waals surface area (Å²) in [7, 11) is 0. The number of amides is 1. The molecule has 0 unspecified atom stereocenters. The van der Waals surface area contributed by atoms with Gasteiger partial charge in [0, 0.05) is 38.2 Å². The molecule has 1 amide bonds. The number of carbonyl (C=O) groups is 3. The summed E-state index contributed by atoms with van der Waals surface area (Å²) in [5.74, 6) is -0.668. The van der Waals surface area contributed by atoms with Gasteiger partial charge in [-0.05, 0) is 43.5 Å². The lowest BCUT2D eigenvalue weighted by Crippen LogP contribution is -2.46. The molecular formula is C20H27NO6. The van der Waals surface area contributed by atoms with Gasteiger partial charge in [-0.3, -0.25) is 14.4 Å². The third kappa shape index (κ3) is 6.06. The molecule has 0 aliphatic carbocycles. The first-order chi connectivity index (χ1) is 13.0. The van der Waals surface area contributed by atoms with Crippen molar-refractivity contribution in [3.8, 4) is 5.75 Å². The lowest BCUT2D eigenvalue weighted by Gasteiger charge is -2.33. The van der Waals surface area contributed by atoms with Crippen molar-refractivity contribution in [1.29, 1.82) is 0 Å². The second-order valence-electron chi connectivity index (χ2n) is 6.77. The fraction of sp³-hybridized carbons (Fsp3) is 0.550. The molecule has 1 saturated heterocycles. The van der Waals surface area contributed by atoms with Gasteiger partial charge in [0.2, 0.25) is 5.91 Å². The molecule has 0 aromatic heterocycles. The lowest BCUT2D eigenvalue weighted by molar-refractivity contribution is -0.154. The van der Waals surface area contributed by atoms with Crippen LogP contribution >= 0.6 is 0 Å². The molecule has 0 saturated carbocycles. The van der Waals surface area contributed by atoms with Gasteiger partial charge < -0.3 is 19.9 Å². The number of hydrogen-bond donors (Lipinski definition) is 2. The van der Waals surface area contributed by atoms with Crippen LogP contribution in [-0.4, -0.2) is 49.1 Å². The van der Waals surface area contributed by atoms with Crippen molar-refractivity contribution < 1.29 is 29.0 Å². The van der Waals surface area contributed by atoms with Crippen LogP contribution in [0, 0.1) is 5.41 Å². The van der Waals surface area contributed by atoms with Crippen LogP contribution in [0.25, 0.3) is 0 Å². The average molecular weight is 377 g/mol. The van der Waals surface area contributed by atoms with Crippen molar-refractivity contribution in [2.75, 3.05) is 26.4 Å². The fourth-order valence-electron chi connectivity index (χ4n) is 2.91. The van der Waals surface area contributed by atoms with Crippen molar-refractivity contribution in [2.24, 2.45) is 5.41 Å². The van der Waals surface area contributed by atoms with Crippen molar-refractivity contribution in [3.63, 3.8) is 0 Å². The molecule has 1 fully saturated rings. The van der Waals surface area contributed by atoms with Crippen LogP contribution in [0.5, 0.6) is 5.75 Å². The lowest BCUT2D eigenvalue weighted by atomic mass is 9.80. The highest BCUT2D eigenvalue weighted by molar-refractivity contribution is 5.98. The number of benzene rings is 1. The number of nitrogens with one attached hydrogen (secondary N) is 1. The Bertz CT molecular complexity index is 649. The third-order valence-electron chi connectivity index (χ3n) is 4.76. The van der Waals surface area contributed by atoms with E-state index in [9.17, 15) is 19.5 Å². The maximum Gasteiger partial charge on any atom is 0.311 e. The average Bonchev–Trinajstić information content (AvgIpc) is 2.69. The van der Waals surface area contributed by atoms with Gasteiger partial charge in [0.05, 0.1) is 12.0 Å². The maximum absolute atomic E-state index is 12.2. The Labute approximate surface area is 159 Å². The molecule has 7 heteroatoms. The first-order valence-electron chi connectivity index (χ1n) is 9.31. The van der Waals surface area contributed by atoms with Crippen molar-refractivity contribution in [3.05, 3.63) is 29.8 Å². The number of ketones is 1. The Kier molecular flexibility index (Phi) is 7.79. The molecule has 0 radical (unpaired) electrons. The quantitative estimate of drug-likeness (QED) is 0.607. The molecule has 27 heavy (non-hydrogen) atoms. The van der Waals surface area contributed by atoms with E-state index in [4.69, 9.17) is 9.47 Å². The monoisotopic (exact) mass is 377 g/mol. The SMILES string of the molecule is CCCOc1ccc(C(=O)CCC(=O)NCC2(C(=O)O)CCOCC2)cc1. The van der Waals surface area contributed by atoms with Gasteiger partial charge in [-0.1, -0.05) is 6.92 Å². The Hall–Kier alpha value is -2.41. The smallest absolute Gasteiger partial charge is 0.311 e. The number of rotatable bonds is 10. The number of carboxylic acids is 1. The van der Waals surface area contributed by atoms with E-state index in [2.05, 4.69) is 5.32 Å². The molecule has 2 N–H and O–H groups in total. The number of carboxylic acid groups (broad SMARTS) is 1. The molecule has 1 heterocycles. The summed E-state index contributed by atoms with van der Waals surface area (Å²) in [5.41, 5.74) is -0.454. The minimum absolute atomic E-state index is 0.0269. The zero-order valence-corrected chi connectivity index (χ0v) is 15.7. The molecular weight excluding hydrogens is 350 g/mol. The normalized spacial score (nSPS) is 15.7. The predicted molar refractivity (Wildman–Crippen MR) is 98.9 cm³/mol. The first kappa shape index (κ1) is 20.9. The van der Waals surface area contributed by atoms with Crippen molar-refractivity contribution >= 4 is 17.7 Å². The fourth-order valence-corrected chi connectivity index (χ4v) is 2.91. The third-order valence-corrected chi connectivity index (χ3v) is 4.76. The van der Waals surface area contributed by atoms with E-state index >= 15 is 0 Å². The van der Waals surface area contributed by atoms with Crippen molar-refractivity contribution in [1.82, 2.24) is 5.32 Å². The van der Waals surface area contributed by atoms with Gasteiger partial charge in [0.1, 0.15) is 5.75 Å². The zero-order chi connectivity index (χ0) is 19.7. The summed E-state index contributed by atoms with van der Waals surface area (Å²) in [6.45, 7) is 3.44. The molecule has 1 aromatic carbocycles. The van der Waals surface area contributed by atoms with Gasteiger partial charge >= 0.3 is 5.97 Å². The molecule has 2 rings (SSSR count). The first-order valence-corrected chi connectivity index (χ1v) is 9.31. The van der Waals surface area contributed by atoms with E-state index in [1.54, 1.807) is 24.3 Å². The molecule has 0 atom stereocenters. The number of carbonyl (C=O) groups excluding carboxylic acids is 2. The van der Waals surface area contributed by atoms with E-state index in [-0.39, 0.29) is 31.1 Å². The van der Waals surface area contributed by atoms with Crippen molar-refractivity contribution in [2.45, 2.75) is 39.0 Å². The Balaban J connectivity index is 1.79. The summed E-state index contributed by atoms with van der Waals surface area (Å²) < 4.78 is 10.7. The minimum atomic E-state index is -0.980. The summed E-state index contributed by atoms with van der Waals surface area (Å²) in [6.07, 6.45) is 1.75. The standard InChI is InChI=1S/C20H27NO6/c1-2-11-27-16-5-3-15(4-6-16)17(22)7-8-18(23)21-14-20(19(24)25)9-12-26-13-10-20/h3-6H,2,7-14H2,1H3,(H,21,23)(H,24,25). The van der Waals surface area contributed by atoms with Gasteiger partial charge in [-0.15, -0.1) is 0 Å². The van der Waals surface area contributed by atoms with Crippen LogP contribution < -0.4 is 10.1 Å². The topological polar surface area (TPSA) is 102 Å². The van der Waals surface area contributed by atoms with Crippen LogP contribution in [-0.2, 0) is 14.3 Å². The minimum Gasteiger partial charge on any atom is -0.494 e. The molecule has 1 aliphatic rings. The summed E-state index contributed by atoms with van der Waals surface area (Å²) in [4.78, 5) is 35.8. The van der Waals surface area contributed by atoms with E-state index in [0.29, 0.717) is 44.0 Å². The van der Waals surface area contributed by atoms with E-state index in [1.807, 2.05) is 6.92 Å². The number of ether oxygens (including phenoxy) is 2. The Morgan fingerprint density at radius 1 is 1.15 bits per heavy atom. The number of hydrogen-bond acceptors (Lipinski definition) is 5. The Morgan fingerprint density at radius 3 is 2.41 bits per heavy atom. The summed E-state index contributed by atoms with van der Waals surface area (Å²) in [6, 6.07) is 6.86. The second-order valence-corrected chi connectivity index (χ2v) is 6.77. The Morgan fingerprint density at radius 2 is 1.81 bits per heavy atom. The van der Waals surface area contributed by atoms with Gasteiger partial charge in [-0.2, -0.15) is 0 Å². The van der Waals surface area contributed by atoms with E-state index in [1.165, 1.54) is 0 Å². The summed E-state index contributed by atoms with van der Waals surface area (Å²) >= 11 is 0. The van der Waals surface area contributed by atoms with Crippen LogP contribution in [0.3, 0.4) is 0 Å². The second kappa shape index (κ2) is 10.1. The number of aliphatic carboxylic acids is 1. The maximum atomic E-state index is 12.2. The van der Waals surface area contributed by atoms with Crippen LogP contribution in [0.4, 0.5) is 0 Å². The molecule has 0 spiro atoms. The largest absolute Gasteiger partial charge is 0.494 e. The molecule has 7 nitrogen and oxygen atoms in total. The predicted octanol–water partition coefficient (Wildman–Crippen LogP) is 2.44.